The third-order valence-corrected chi connectivity index (χ3v) is 2.52. The standard InChI is InChI=1S/C14H23N3O2/c1-10(2)9-19-7-3-6-17-14(18)12-5-4-11(15)8-13(12)16/h4-5,8,10H,3,6-7,9,15-16H2,1-2H3,(H,17,18). The molecule has 1 rings (SSSR count). The maximum Gasteiger partial charge on any atom is 0.253 e. The van der Waals surface area contributed by atoms with Gasteiger partial charge in [-0.15, -0.1) is 0 Å². The molecule has 0 saturated carbocycles. The third-order valence-electron chi connectivity index (χ3n) is 2.52. The normalized spacial score (nSPS) is 10.7. The Morgan fingerprint density at radius 3 is 2.74 bits per heavy atom. The topological polar surface area (TPSA) is 90.4 Å². The first kappa shape index (κ1) is 15.3. The Morgan fingerprint density at radius 1 is 1.37 bits per heavy atom. The van der Waals surface area contributed by atoms with Crippen LogP contribution < -0.4 is 16.8 Å². The lowest BCUT2D eigenvalue weighted by molar-refractivity contribution is 0.0926. The number of anilines is 2. The summed E-state index contributed by atoms with van der Waals surface area (Å²) in [7, 11) is 0. The number of benzene rings is 1. The molecule has 0 unspecified atom stereocenters. The molecular formula is C14H23N3O2. The van der Waals surface area contributed by atoms with Crippen molar-refractivity contribution in [2.24, 2.45) is 5.92 Å². The van der Waals surface area contributed by atoms with Crippen LogP contribution in [0, 0.1) is 5.92 Å². The van der Waals surface area contributed by atoms with Gasteiger partial charge < -0.3 is 21.5 Å². The highest BCUT2D eigenvalue weighted by Crippen LogP contribution is 2.15. The molecule has 1 amide bonds. The zero-order valence-electron chi connectivity index (χ0n) is 11.6. The Hall–Kier alpha value is -1.75. The Balaban J connectivity index is 2.28. The molecule has 0 radical (unpaired) electrons. The number of hydrogen-bond donors (Lipinski definition) is 3. The maximum atomic E-state index is 11.8. The number of nitrogens with two attached hydrogens (primary N) is 2. The zero-order valence-corrected chi connectivity index (χ0v) is 11.6. The molecule has 5 N–H and O–H groups in total. The van der Waals surface area contributed by atoms with E-state index in [0.29, 0.717) is 36.0 Å². The number of ether oxygens (including phenoxy) is 1. The minimum absolute atomic E-state index is 0.179. The molecule has 0 bridgehead atoms. The molecule has 0 fully saturated rings. The molecule has 5 nitrogen and oxygen atoms in total. The van der Waals surface area contributed by atoms with Crippen LogP contribution in [-0.2, 0) is 4.74 Å². The number of carbonyl (C=O) groups is 1. The largest absolute Gasteiger partial charge is 0.399 e. The van der Waals surface area contributed by atoms with Crippen LogP contribution in [-0.4, -0.2) is 25.7 Å². The highest BCUT2D eigenvalue weighted by Gasteiger charge is 2.08. The molecule has 1 aromatic rings. The predicted molar refractivity (Wildman–Crippen MR) is 77.9 cm³/mol. The summed E-state index contributed by atoms with van der Waals surface area (Å²) < 4.78 is 5.43. The van der Waals surface area contributed by atoms with Crippen molar-refractivity contribution in [3.05, 3.63) is 23.8 Å². The Morgan fingerprint density at radius 2 is 2.11 bits per heavy atom. The van der Waals surface area contributed by atoms with E-state index in [9.17, 15) is 4.79 Å². The Bertz CT molecular complexity index is 419. The first-order chi connectivity index (χ1) is 9.00. The summed E-state index contributed by atoms with van der Waals surface area (Å²) in [5, 5.41) is 2.81. The van der Waals surface area contributed by atoms with Gasteiger partial charge in [0.25, 0.3) is 5.91 Å². The fourth-order valence-electron chi connectivity index (χ4n) is 1.58. The zero-order chi connectivity index (χ0) is 14.3. The van der Waals surface area contributed by atoms with E-state index >= 15 is 0 Å². The van der Waals surface area contributed by atoms with Gasteiger partial charge in [-0.2, -0.15) is 0 Å². The first-order valence-electron chi connectivity index (χ1n) is 6.51. The predicted octanol–water partition coefficient (Wildman–Crippen LogP) is 1.64. The molecule has 0 heterocycles. The van der Waals surface area contributed by atoms with Crippen molar-refractivity contribution in [2.45, 2.75) is 20.3 Å². The van der Waals surface area contributed by atoms with E-state index in [4.69, 9.17) is 16.2 Å². The SMILES string of the molecule is CC(C)COCCCNC(=O)c1ccc(N)cc1N. The monoisotopic (exact) mass is 265 g/mol. The van der Waals surface area contributed by atoms with Gasteiger partial charge in [0.2, 0.25) is 0 Å². The van der Waals surface area contributed by atoms with E-state index in [1.807, 2.05) is 0 Å². The smallest absolute Gasteiger partial charge is 0.253 e. The van der Waals surface area contributed by atoms with Crippen molar-refractivity contribution in [1.82, 2.24) is 5.32 Å². The van der Waals surface area contributed by atoms with Crippen LogP contribution in [0.4, 0.5) is 11.4 Å². The molecule has 0 atom stereocenters. The van der Waals surface area contributed by atoms with E-state index in [0.717, 1.165) is 13.0 Å². The van der Waals surface area contributed by atoms with Crippen LogP contribution in [0.3, 0.4) is 0 Å². The van der Waals surface area contributed by atoms with Crippen LogP contribution in [0.1, 0.15) is 30.6 Å². The number of rotatable bonds is 7. The lowest BCUT2D eigenvalue weighted by Crippen LogP contribution is -2.26. The van der Waals surface area contributed by atoms with Crippen LogP contribution in [0.15, 0.2) is 18.2 Å². The molecule has 0 aliphatic heterocycles. The average Bonchev–Trinajstić information content (AvgIpc) is 2.32. The molecule has 106 valence electrons. The molecule has 0 aliphatic carbocycles. The van der Waals surface area contributed by atoms with Crippen LogP contribution in [0.2, 0.25) is 0 Å². The first-order valence-corrected chi connectivity index (χ1v) is 6.51. The second-order valence-corrected chi connectivity index (χ2v) is 4.92. The summed E-state index contributed by atoms with van der Waals surface area (Å²) >= 11 is 0. The van der Waals surface area contributed by atoms with E-state index < -0.39 is 0 Å². The summed E-state index contributed by atoms with van der Waals surface area (Å²) in [6, 6.07) is 4.88. The van der Waals surface area contributed by atoms with Crippen LogP contribution in [0.25, 0.3) is 0 Å². The van der Waals surface area contributed by atoms with Crippen molar-refractivity contribution in [2.75, 3.05) is 31.2 Å². The van der Waals surface area contributed by atoms with Gasteiger partial charge in [0.05, 0.1) is 5.56 Å². The van der Waals surface area contributed by atoms with Crippen molar-refractivity contribution in [3.8, 4) is 0 Å². The van der Waals surface area contributed by atoms with Gasteiger partial charge in [0, 0.05) is 31.1 Å². The summed E-state index contributed by atoms with van der Waals surface area (Å²) in [5.74, 6) is 0.352. The minimum Gasteiger partial charge on any atom is -0.399 e. The van der Waals surface area contributed by atoms with Crippen LogP contribution in [0.5, 0.6) is 0 Å². The molecule has 1 aromatic carbocycles. The number of carbonyl (C=O) groups excluding carboxylic acids is 1. The fourth-order valence-corrected chi connectivity index (χ4v) is 1.58. The van der Waals surface area contributed by atoms with Crippen molar-refractivity contribution in [1.29, 1.82) is 0 Å². The van der Waals surface area contributed by atoms with E-state index in [1.165, 1.54) is 0 Å². The molecular weight excluding hydrogens is 242 g/mol. The van der Waals surface area contributed by atoms with E-state index in [-0.39, 0.29) is 5.91 Å². The van der Waals surface area contributed by atoms with Gasteiger partial charge in [0.1, 0.15) is 0 Å². The number of nitrogen functional groups attached to an aromatic ring is 2. The molecule has 5 heteroatoms. The molecule has 0 aliphatic rings. The van der Waals surface area contributed by atoms with Gasteiger partial charge in [-0.3, -0.25) is 4.79 Å². The maximum absolute atomic E-state index is 11.8. The van der Waals surface area contributed by atoms with Gasteiger partial charge in [-0.05, 0) is 30.5 Å². The summed E-state index contributed by atoms with van der Waals surface area (Å²) in [4.78, 5) is 11.8. The second-order valence-electron chi connectivity index (χ2n) is 4.92. The molecule has 0 saturated heterocycles. The average molecular weight is 265 g/mol. The number of hydrogen-bond acceptors (Lipinski definition) is 4. The van der Waals surface area contributed by atoms with Gasteiger partial charge in [0.15, 0.2) is 0 Å². The van der Waals surface area contributed by atoms with Gasteiger partial charge >= 0.3 is 0 Å². The lowest BCUT2D eigenvalue weighted by Gasteiger charge is -2.09. The lowest BCUT2D eigenvalue weighted by atomic mass is 10.1. The Labute approximate surface area is 114 Å². The van der Waals surface area contributed by atoms with Gasteiger partial charge in [-0.1, -0.05) is 13.8 Å². The van der Waals surface area contributed by atoms with E-state index in [1.54, 1.807) is 18.2 Å². The highest BCUT2D eigenvalue weighted by atomic mass is 16.5. The van der Waals surface area contributed by atoms with Crippen molar-refractivity contribution < 1.29 is 9.53 Å². The summed E-state index contributed by atoms with van der Waals surface area (Å²) in [5.41, 5.74) is 12.7. The third kappa shape index (κ3) is 5.61. The fraction of sp³-hybridized carbons (Fsp3) is 0.500. The summed E-state index contributed by atoms with van der Waals surface area (Å²) in [6.45, 7) is 6.17. The van der Waals surface area contributed by atoms with Crippen molar-refractivity contribution in [3.63, 3.8) is 0 Å². The number of amides is 1. The summed E-state index contributed by atoms with van der Waals surface area (Å²) in [6.07, 6.45) is 0.785. The molecule has 19 heavy (non-hydrogen) atoms. The highest BCUT2D eigenvalue weighted by molar-refractivity contribution is 5.99. The minimum atomic E-state index is -0.179. The number of nitrogens with one attached hydrogen (secondary N) is 1. The Kier molecular flexibility index (Phi) is 6.15. The van der Waals surface area contributed by atoms with Crippen molar-refractivity contribution >= 4 is 17.3 Å². The molecule has 0 aromatic heterocycles. The van der Waals surface area contributed by atoms with Gasteiger partial charge in [-0.25, -0.2) is 0 Å². The second kappa shape index (κ2) is 7.63. The quantitative estimate of drug-likeness (QED) is 0.516. The van der Waals surface area contributed by atoms with E-state index in [2.05, 4.69) is 19.2 Å². The molecule has 0 spiro atoms. The van der Waals surface area contributed by atoms with Crippen LogP contribution >= 0.6 is 0 Å².